The maximum Gasteiger partial charge on any atom is 0.128 e. The summed E-state index contributed by atoms with van der Waals surface area (Å²) in [6.07, 6.45) is 1.67. The lowest BCUT2D eigenvalue weighted by atomic mass is 10.0. The molecule has 1 saturated heterocycles. The molecule has 0 atom stereocenters. The zero-order valence-electron chi connectivity index (χ0n) is 12.0. The minimum atomic E-state index is 0.0663. The van der Waals surface area contributed by atoms with E-state index in [1.54, 1.807) is 6.20 Å². The molecule has 0 bridgehead atoms. The molecule has 0 unspecified atom stereocenters. The number of pyridine rings is 1. The number of nitrogen functional groups attached to an aromatic ring is 1. The number of piperazine rings is 1. The van der Waals surface area contributed by atoms with Crippen LogP contribution in [-0.2, 0) is 0 Å². The first-order chi connectivity index (χ1) is 8.88. The molecule has 0 aromatic carbocycles. The van der Waals surface area contributed by atoms with E-state index in [4.69, 9.17) is 11.1 Å². The molecule has 5 heteroatoms. The van der Waals surface area contributed by atoms with E-state index in [9.17, 15) is 0 Å². The van der Waals surface area contributed by atoms with Crippen molar-refractivity contribution in [1.82, 2.24) is 9.88 Å². The topological polar surface area (TPSA) is 69.2 Å². The molecular formula is C14H23N5. The van der Waals surface area contributed by atoms with E-state index < -0.39 is 0 Å². The van der Waals surface area contributed by atoms with Gasteiger partial charge in [-0.05, 0) is 32.9 Å². The summed E-state index contributed by atoms with van der Waals surface area (Å²) >= 11 is 0. The summed E-state index contributed by atoms with van der Waals surface area (Å²) < 4.78 is 0. The van der Waals surface area contributed by atoms with Crippen molar-refractivity contribution in [1.29, 1.82) is 5.41 Å². The monoisotopic (exact) mass is 261 g/mol. The number of nitrogens with one attached hydrogen (secondary N) is 1. The molecule has 1 aromatic rings. The van der Waals surface area contributed by atoms with Gasteiger partial charge in [-0.15, -0.1) is 0 Å². The predicted octanol–water partition coefficient (Wildman–Crippen LogP) is 1.29. The summed E-state index contributed by atoms with van der Waals surface area (Å²) in [5.41, 5.74) is 6.34. The molecule has 0 radical (unpaired) electrons. The molecule has 1 aromatic heterocycles. The fraction of sp³-hybridized carbons (Fsp3) is 0.571. The van der Waals surface area contributed by atoms with Crippen molar-refractivity contribution in [2.45, 2.75) is 26.3 Å². The molecule has 0 amide bonds. The summed E-state index contributed by atoms with van der Waals surface area (Å²) in [6.45, 7) is 10.8. The Balaban J connectivity index is 2.00. The highest BCUT2D eigenvalue weighted by Crippen LogP contribution is 2.19. The quantitative estimate of drug-likeness (QED) is 0.621. The van der Waals surface area contributed by atoms with Crippen molar-refractivity contribution in [2.75, 3.05) is 31.1 Å². The summed E-state index contributed by atoms with van der Waals surface area (Å²) in [6, 6.07) is 3.81. The smallest absolute Gasteiger partial charge is 0.128 e. The zero-order chi connectivity index (χ0) is 14.0. The third kappa shape index (κ3) is 3.23. The third-order valence-electron chi connectivity index (χ3n) is 3.61. The first-order valence-corrected chi connectivity index (χ1v) is 6.68. The van der Waals surface area contributed by atoms with E-state index in [1.165, 1.54) is 0 Å². The summed E-state index contributed by atoms with van der Waals surface area (Å²) in [5.74, 6) is 1.04. The van der Waals surface area contributed by atoms with E-state index in [1.807, 2.05) is 12.1 Å². The van der Waals surface area contributed by atoms with Crippen LogP contribution in [0, 0.1) is 5.41 Å². The van der Waals surface area contributed by atoms with Crippen LogP contribution >= 0.6 is 0 Å². The van der Waals surface area contributed by atoms with Crippen molar-refractivity contribution < 1.29 is 0 Å². The molecule has 1 aliphatic heterocycles. The Morgan fingerprint density at radius 2 is 1.84 bits per heavy atom. The standard InChI is InChI=1S/C14H23N5/c1-14(2,3)19-8-6-18(7-9-19)12-5-4-11(10-17-12)13(15)16/h4-5,10H,6-9H2,1-3H3,(H3,15,16). The van der Waals surface area contributed by atoms with Gasteiger partial charge in [-0.1, -0.05) is 0 Å². The van der Waals surface area contributed by atoms with E-state index >= 15 is 0 Å². The first kappa shape index (κ1) is 13.8. The fourth-order valence-corrected chi connectivity index (χ4v) is 2.34. The number of hydrogen-bond acceptors (Lipinski definition) is 4. The van der Waals surface area contributed by atoms with Crippen molar-refractivity contribution in [2.24, 2.45) is 5.73 Å². The number of nitrogens with zero attached hydrogens (tertiary/aromatic N) is 3. The molecule has 19 heavy (non-hydrogen) atoms. The van der Waals surface area contributed by atoms with Crippen LogP contribution in [0.2, 0.25) is 0 Å². The van der Waals surface area contributed by atoms with Gasteiger partial charge in [0.15, 0.2) is 0 Å². The summed E-state index contributed by atoms with van der Waals surface area (Å²) in [4.78, 5) is 9.17. The molecule has 2 rings (SSSR count). The number of anilines is 1. The van der Waals surface area contributed by atoms with Crippen LogP contribution in [0.15, 0.2) is 18.3 Å². The number of nitrogens with two attached hydrogens (primary N) is 1. The van der Waals surface area contributed by atoms with E-state index in [0.29, 0.717) is 5.56 Å². The second kappa shape index (κ2) is 5.17. The lowest BCUT2D eigenvalue weighted by Gasteiger charge is -2.42. The molecular weight excluding hydrogens is 238 g/mol. The van der Waals surface area contributed by atoms with Gasteiger partial charge >= 0.3 is 0 Å². The highest BCUT2D eigenvalue weighted by Gasteiger charge is 2.26. The minimum Gasteiger partial charge on any atom is -0.384 e. The fourth-order valence-electron chi connectivity index (χ4n) is 2.34. The van der Waals surface area contributed by atoms with E-state index in [2.05, 4.69) is 35.6 Å². The van der Waals surface area contributed by atoms with Crippen molar-refractivity contribution in [3.63, 3.8) is 0 Å². The van der Waals surface area contributed by atoms with Crippen LogP contribution in [0.3, 0.4) is 0 Å². The second-order valence-corrected chi connectivity index (χ2v) is 5.96. The minimum absolute atomic E-state index is 0.0663. The van der Waals surface area contributed by atoms with Crippen LogP contribution in [-0.4, -0.2) is 47.4 Å². The predicted molar refractivity (Wildman–Crippen MR) is 78.8 cm³/mol. The van der Waals surface area contributed by atoms with Gasteiger partial charge in [0.05, 0.1) is 0 Å². The van der Waals surface area contributed by atoms with Gasteiger partial charge in [-0.2, -0.15) is 0 Å². The van der Waals surface area contributed by atoms with Gasteiger partial charge in [-0.25, -0.2) is 4.98 Å². The number of amidine groups is 1. The SMILES string of the molecule is CC(C)(C)N1CCN(c2ccc(C(=N)N)cn2)CC1. The lowest BCUT2D eigenvalue weighted by Crippen LogP contribution is -2.53. The molecule has 1 aliphatic rings. The Bertz CT molecular complexity index is 438. The Hall–Kier alpha value is -1.62. The molecule has 3 N–H and O–H groups in total. The Kier molecular flexibility index (Phi) is 3.75. The molecule has 0 spiro atoms. The average molecular weight is 261 g/mol. The molecule has 104 valence electrons. The van der Waals surface area contributed by atoms with Gasteiger partial charge in [0.25, 0.3) is 0 Å². The maximum atomic E-state index is 7.36. The highest BCUT2D eigenvalue weighted by molar-refractivity contribution is 5.94. The second-order valence-electron chi connectivity index (χ2n) is 5.96. The van der Waals surface area contributed by atoms with Crippen LogP contribution in [0.1, 0.15) is 26.3 Å². The third-order valence-corrected chi connectivity index (χ3v) is 3.61. The molecule has 5 nitrogen and oxygen atoms in total. The maximum absolute atomic E-state index is 7.36. The van der Waals surface area contributed by atoms with Gasteiger partial charge in [0.1, 0.15) is 11.7 Å². The normalized spacial score (nSPS) is 17.5. The largest absolute Gasteiger partial charge is 0.384 e. The Morgan fingerprint density at radius 3 is 2.26 bits per heavy atom. The van der Waals surface area contributed by atoms with Crippen LogP contribution < -0.4 is 10.6 Å². The average Bonchev–Trinajstić information content (AvgIpc) is 2.38. The van der Waals surface area contributed by atoms with Gasteiger partial charge in [0, 0.05) is 43.5 Å². The Labute approximate surface area is 114 Å². The van der Waals surface area contributed by atoms with Crippen LogP contribution in [0.5, 0.6) is 0 Å². The molecule has 0 saturated carbocycles. The number of hydrogen-bond donors (Lipinski definition) is 2. The summed E-state index contributed by atoms with van der Waals surface area (Å²) in [5, 5.41) is 7.36. The molecule has 0 aliphatic carbocycles. The van der Waals surface area contributed by atoms with Crippen LogP contribution in [0.25, 0.3) is 0 Å². The first-order valence-electron chi connectivity index (χ1n) is 6.68. The highest BCUT2D eigenvalue weighted by atomic mass is 15.3. The van der Waals surface area contributed by atoms with Gasteiger partial charge in [-0.3, -0.25) is 10.3 Å². The van der Waals surface area contributed by atoms with Gasteiger partial charge in [0.2, 0.25) is 0 Å². The number of aromatic nitrogens is 1. The number of rotatable bonds is 2. The lowest BCUT2D eigenvalue weighted by molar-refractivity contribution is 0.128. The van der Waals surface area contributed by atoms with Crippen LogP contribution in [0.4, 0.5) is 5.82 Å². The van der Waals surface area contributed by atoms with Crippen molar-refractivity contribution >= 4 is 11.7 Å². The summed E-state index contributed by atoms with van der Waals surface area (Å²) in [7, 11) is 0. The van der Waals surface area contributed by atoms with Crippen molar-refractivity contribution in [3.8, 4) is 0 Å². The zero-order valence-corrected chi connectivity index (χ0v) is 12.0. The van der Waals surface area contributed by atoms with E-state index in [0.717, 1.165) is 32.0 Å². The van der Waals surface area contributed by atoms with Gasteiger partial charge < -0.3 is 10.6 Å². The Morgan fingerprint density at radius 1 is 1.21 bits per heavy atom. The molecule has 2 heterocycles. The molecule has 1 fully saturated rings. The van der Waals surface area contributed by atoms with Crippen molar-refractivity contribution in [3.05, 3.63) is 23.9 Å². The van der Waals surface area contributed by atoms with E-state index in [-0.39, 0.29) is 11.4 Å².